The molecule has 1 aromatic carbocycles. The quantitative estimate of drug-likeness (QED) is 0.579. The third-order valence-corrected chi connectivity index (χ3v) is 4.71. The number of Topliss-reactive ketones (excluding diaryl/α,β-unsaturated/α-hetero) is 1. The fraction of sp³-hybridized carbons (Fsp3) is 0.278. The number of ether oxygens (including phenoxy) is 1. The summed E-state index contributed by atoms with van der Waals surface area (Å²) in [6.07, 6.45) is -0.00544. The smallest absolute Gasteiger partial charge is 0.306 e. The highest BCUT2D eigenvalue weighted by molar-refractivity contribution is 7.12. The molecule has 0 spiro atoms. The predicted molar refractivity (Wildman–Crippen MR) is 98.4 cm³/mol. The van der Waals surface area contributed by atoms with Crippen LogP contribution < -0.4 is 5.32 Å². The summed E-state index contributed by atoms with van der Waals surface area (Å²) >= 11 is 7.48. The Hall–Kier alpha value is -2.18. The second-order valence-corrected chi connectivity index (χ2v) is 7.31. The first-order chi connectivity index (χ1) is 11.9. The number of para-hydroxylation sites is 1. The molecule has 7 heteroatoms. The molecule has 1 amide bonds. The van der Waals surface area contributed by atoms with Gasteiger partial charge >= 0.3 is 5.97 Å². The molecule has 0 saturated heterocycles. The zero-order valence-corrected chi connectivity index (χ0v) is 15.5. The molecule has 0 saturated carbocycles. The molecule has 2 rings (SSSR count). The van der Waals surface area contributed by atoms with Crippen LogP contribution in [0.4, 0.5) is 5.69 Å². The van der Waals surface area contributed by atoms with Gasteiger partial charge in [-0.1, -0.05) is 23.7 Å². The maximum Gasteiger partial charge on any atom is 0.306 e. The Bertz CT molecular complexity index is 800. The summed E-state index contributed by atoms with van der Waals surface area (Å²) in [4.78, 5) is 37.6. The van der Waals surface area contributed by atoms with Crippen LogP contribution in [0.2, 0.25) is 5.02 Å². The van der Waals surface area contributed by atoms with E-state index >= 15 is 0 Å². The van der Waals surface area contributed by atoms with Gasteiger partial charge < -0.3 is 10.1 Å². The largest absolute Gasteiger partial charge is 0.456 e. The van der Waals surface area contributed by atoms with Crippen molar-refractivity contribution in [1.82, 2.24) is 0 Å². The predicted octanol–water partition coefficient (Wildman–Crippen LogP) is 4.16. The van der Waals surface area contributed by atoms with Gasteiger partial charge in [0, 0.05) is 21.7 Å². The van der Waals surface area contributed by atoms with Crippen molar-refractivity contribution in [3.8, 4) is 0 Å². The van der Waals surface area contributed by atoms with Crippen molar-refractivity contribution in [2.24, 2.45) is 0 Å². The number of hydrogen-bond acceptors (Lipinski definition) is 5. The van der Waals surface area contributed by atoms with Crippen LogP contribution in [0.5, 0.6) is 0 Å². The number of thiophene rings is 1. The number of rotatable bonds is 7. The number of esters is 1. The fourth-order valence-corrected chi connectivity index (χ4v) is 3.35. The van der Waals surface area contributed by atoms with Gasteiger partial charge in [0.1, 0.15) is 0 Å². The Morgan fingerprint density at radius 3 is 2.52 bits per heavy atom. The number of benzene rings is 1. The van der Waals surface area contributed by atoms with Crippen LogP contribution in [0.3, 0.4) is 0 Å². The molecule has 0 radical (unpaired) electrons. The number of nitrogens with one attached hydrogen (secondary N) is 1. The van der Waals surface area contributed by atoms with Gasteiger partial charge in [-0.2, -0.15) is 0 Å². The number of halogens is 1. The number of ketones is 1. The average molecular weight is 380 g/mol. The molecule has 0 aliphatic heterocycles. The Labute approximate surface area is 154 Å². The van der Waals surface area contributed by atoms with Crippen LogP contribution in [-0.2, 0) is 14.3 Å². The Kier molecular flexibility index (Phi) is 6.73. The van der Waals surface area contributed by atoms with Crippen molar-refractivity contribution in [3.63, 3.8) is 0 Å². The number of aryl methyl sites for hydroxylation is 2. The normalized spacial score (nSPS) is 10.4. The molecule has 25 heavy (non-hydrogen) atoms. The van der Waals surface area contributed by atoms with Crippen molar-refractivity contribution in [3.05, 3.63) is 50.7 Å². The van der Waals surface area contributed by atoms with E-state index in [1.165, 1.54) is 0 Å². The summed E-state index contributed by atoms with van der Waals surface area (Å²) in [5.74, 6) is -1.18. The second-order valence-electron chi connectivity index (χ2n) is 5.44. The van der Waals surface area contributed by atoms with Crippen LogP contribution >= 0.6 is 22.9 Å². The standard InChI is InChI=1S/C18H18ClNO4S/c1-11-9-13(12(2)25-11)16(21)7-8-18(23)24-10-17(22)20-15-6-4-3-5-14(15)19/h3-6,9H,7-8,10H2,1-2H3,(H,20,22). The molecule has 0 aliphatic carbocycles. The summed E-state index contributed by atoms with van der Waals surface area (Å²) in [5, 5.41) is 2.95. The summed E-state index contributed by atoms with van der Waals surface area (Å²) in [5.41, 5.74) is 1.09. The minimum Gasteiger partial charge on any atom is -0.456 e. The first-order valence-corrected chi connectivity index (χ1v) is 8.86. The first kappa shape index (κ1) is 19.1. The van der Waals surface area contributed by atoms with E-state index in [9.17, 15) is 14.4 Å². The van der Waals surface area contributed by atoms with Crippen molar-refractivity contribution in [2.75, 3.05) is 11.9 Å². The van der Waals surface area contributed by atoms with E-state index in [0.29, 0.717) is 16.3 Å². The van der Waals surface area contributed by atoms with Gasteiger partial charge in [-0.15, -0.1) is 11.3 Å². The minimum atomic E-state index is -0.590. The number of anilines is 1. The van der Waals surface area contributed by atoms with Gasteiger partial charge in [-0.25, -0.2) is 0 Å². The van der Waals surface area contributed by atoms with Crippen LogP contribution in [-0.4, -0.2) is 24.3 Å². The number of carbonyl (C=O) groups is 3. The Balaban J connectivity index is 1.75. The van der Waals surface area contributed by atoms with Gasteiger partial charge in [-0.3, -0.25) is 14.4 Å². The number of carbonyl (C=O) groups excluding carboxylic acids is 3. The summed E-state index contributed by atoms with van der Waals surface area (Å²) in [6.45, 7) is 3.39. The van der Waals surface area contributed by atoms with Gasteiger partial charge in [0.2, 0.25) is 0 Å². The third kappa shape index (κ3) is 5.69. The summed E-state index contributed by atoms with van der Waals surface area (Å²) in [6, 6.07) is 8.58. The van der Waals surface area contributed by atoms with E-state index in [2.05, 4.69) is 5.32 Å². The molecule has 5 nitrogen and oxygen atoms in total. The Morgan fingerprint density at radius 2 is 1.88 bits per heavy atom. The molecule has 0 fully saturated rings. The van der Waals surface area contributed by atoms with Gasteiger partial charge in [0.05, 0.1) is 17.1 Å². The second kappa shape index (κ2) is 8.78. The molecule has 0 aliphatic rings. The maximum absolute atomic E-state index is 12.1. The lowest BCUT2D eigenvalue weighted by molar-refractivity contribution is -0.147. The maximum atomic E-state index is 12.1. The molecule has 2 aromatic rings. The van der Waals surface area contributed by atoms with E-state index in [0.717, 1.165) is 9.75 Å². The first-order valence-electron chi connectivity index (χ1n) is 7.67. The highest BCUT2D eigenvalue weighted by atomic mass is 35.5. The molecule has 132 valence electrons. The monoisotopic (exact) mass is 379 g/mol. The molecule has 1 heterocycles. The van der Waals surface area contributed by atoms with Crippen LogP contribution in [0.25, 0.3) is 0 Å². The molecule has 1 N–H and O–H groups in total. The van der Waals surface area contributed by atoms with Crippen molar-refractivity contribution in [2.45, 2.75) is 26.7 Å². The fourth-order valence-electron chi connectivity index (χ4n) is 2.22. The van der Waals surface area contributed by atoms with Gasteiger partial charge in [0.15, 0.2) is 12.4 Å². The lowest BCUT2D eigenvalue weighted by atomic mass is 10.1. The summed E-state index contributed by atoms with van der Waals surface area (Å²) < 4.78 is 4.89. The van der Waals surface area contributed by atoms with Gasteiger partial charge in [-0.05, 0) is 32.0 Å². The lowest BCUT2D eigenvalue weighted by Crippen LogP contribution is -2.21. The number of hydrogen-bond donors (Lipinski definition) is 1. The van der Waals surface area contributed by atoms with Crippen LogP contribution in [0.1, 0.15) is 33.0 Å². The van der Waals surface area contributed by atoms with Crippen molar-refractivity contribution in [1.29, 1.82) is 0 Å². The molecule has 1 aromatic heterocycles. The zero-order valence-electron chi connectivity index (χ0n) is 13.9. The molecule has 0 bridgehead atoms. The van der Waals surface area contributed by atoms with Crippen LogP contribution in [0.15, 0.2) is 30.3 Å². The highest BCUT2D eigenvalue weighted by Gasteiger charge is 2.15. The minimum absolute atomic E-state index is 0.0575. The molecular weight excluding hydrogens is 362 g/mol. The Morgan fingerprint density at radius 1 is 1.16 bits per heavy atom. The van der Waals surface area contributed by atoms with E-state index in [4.69, 9.17) is 16.3 Å². The molecular formula is C18H18ClNO4S. The third-order valence-electron chi connectivity index (χ3n) is 3.41. The van der Waals surface area contributed by atoms with Crippen molar-refractivity contribution < 1.29 is 19.1 Å². The summed E-state index contributed by atoms with van der Waals surface area (Å²) in [7, 11) is 0. The molecule has 0 unspecified atom stereocenters. The number of amides is 1. The van der Waals surface area contributed by atoms with Crippen molar-refractivity contribution >= 4 is 46.3 Å². The average Bonchev–Trinajstić information content (AvgIpc) is 2.91. The van der Waals surface area contributed by atoms with E-state index in [1.54, 1.807) is 35.6 Å². The zero-order chi connectivity index (χ0) is 18.4. The van der Waals surface area contributed by atoms with E-state index in [1.807, 2.05) is 19.9 Å². The SMILES string of the molecule is Cc1cc(C(=O)CCC(=O)OCC(=O)Nc2ccccc2Cl)c(C)s1. The highest BCUT2D eigenvalue weighted by Crippen LogP contribution is 2.22. The van der Waals surface area contributed by atoms with Gasteiger partial charge in [0.25, 0.3) is 5.91 Å². The van der Waals surface area contributed by atoms with Crippen LogP contribution in [0, 0.1) is 13.8 Å². The van der Waals surface area contributed by atoms with E-state index in [-0.39, 0.29) is 18.6 Å². The molecule has 0 atom stereocenters. The van der Waals surface area contributed by atoms with E-state index < -0.39 is 18.5 Å². The lowest BCUT2D eigenvalue weighted by Gasteiger charge is -2.07. The topological polar surface area (TPSA) is 72.5 Å².